The third-order valence-corrected chi connectivity index (χ3v) is 2.25. The lowest BCUT2D eigenvalue weighted by Crippen LogP contribution is -2.06. The summed E-state index contributed by atoms with van der Waals surface area (Å²) in [6.45, 7) is 0. The van der Waals surface area contributed by atoms with Crippen molar-refractivity contribution in [2.24, 2.45) is 0 Å². The number of hydrogen-bond acceptors (Lipinski definition) is 3. The Morgan fingerprint density at radius 1 is 1.18 bits per heavy atom. The molecule has 17 heavy (non-hydrogen) atoms. The summed E-state index contributed by atoms with van der Waals surface area (Å²) in [6, 6.07) is 3.13. The average molecular weight is 234 g/mol. The van der Waals surface area contributed by atoms with Crippen molar-refractivity contribution in [2.75, 3.05) is 0 Å². The van der Waals surface area contributed by atoms with Crippen LogP contribution >= 0.6 is 0 Å². The Balaban J connectivity index is 2.19. The van der Waals surface area contributed by atoms with Gasteiger partial charge in [-0.3, -0.25) is 4.79 Å². The minimum atomic E-state index is -0.727. The van der Waals surface area contributed by atoms with Gasteiger partial charge in [-0.25, -0.2) is 18.7 Å². The Hall–Kier alpha value is -2.17. The Bertz CT molecular complexity index is 543. The van der Waals surface area contributed by atoms with Gasteiger partial charge in [-0.05, 0) is 11.6 Å². The van der Waals surface area contributed by atoms with Gasteiger partial charge in [0.1, 0.15) is 18.0 Å². The predicted octanol–water partition coefficient (Wildman–Crippen LogP) is 2.18. The van der Waals surface area contributed by atoms with Crippen LogP contribution in [0.25, 0.3) is 0 Å². The zero-order chi connectivity index (χ0) is 12.3. The molecular weight excluding hydrogens is 226 g/mol. The van der Waals surface area contributed by atoms with Crippen LogP contribution in [-0.2, 0) is 6.42 Å². The standard InChI is InChI=1S/C12H8F2N2O/c13-10-2-1-8(11(14)4-10)3-12(17)9-5-15-7-16-6-9/h1-2,4-7H,3H2. The molecule has 5 heteroatoms. The van der Waals surface area contributed by atoms with E-state index >= 15 is 0 Å². The number of carbonyl (C=O) groups is 1. The van der Waals surface area contributed by atoms with Gasteiger partial charge >= 0.3 is 0 Å². The number of Topliss-reactive ketones (excluding diaryl/α,β-unsaturated/α-hetero) is 1. The highest BCUT2D eigenvalue weighted by atomic mass is 19.1. The van der Waals surface area contributed by atoms with Crippen molar-refractivity contribution in [1.29, 1.82) is 0 Å². The van der Waals surface area contributed by atoms with Crippen molar-refractivity contribution in [2.45, 2.75) is 6.42 Å². The van der Waals surface area contributed by atoms with Crippen LogP contribution in [0.1, 0.15) is 15.9 Å². The van der Waals surface area contributed by atoms with Crippen molar-refractivity contribution in [1.82, 2.24) is 9.97 Å². The van der Waals surface area contributed by atoms with E-state index < -0.39 is 11.6 Å². The molecule has 0 fully saturated rings. The fraction of sp³-hybridized carbons (Fsp3) is 0.0833. The summed E-state index contributed by atoms with van der Waals surface area (Å²) in [6.07, 6.45) is 3.88. The third-order valence-electron chi connectivity index (χ3n) is 2.25. The molecule has 0 N–H and O–H groups in total. The van der Waals surface area contributed by atoms with Gasteiger partial charge in [0.05, 0.1) is 5.56 Å². The van der Waals surface area contributed by atoms with Crippen LogP contribution in [0.4, 0.5) is 8.78 Å². The monoisotopic (exact) mass is 234 g/mol. The number of ketones is 1. The zero-order valence-corrected chi connectivity index (χ0v) is 8.73. The molecule has 0 bridgehead atoms. The molecule has 2 aromatic rings. The Morgan fingerprint density at radius 2 is 1.88 bits per heavy atom. The lowest BCUT2D eigenvalue weighted by atomic mass is 10.0. The number of rotatable bonds is 3. The highest BCUT2D eigenvalue weighted by molar-refractivity contribution is 5.96. The summed E-state index contributed by atoms with van der Waals surface area (Å²) in [5.74, 6) is -1.70. The average Bonchev–Trinajstić information content (AvgIpc) is 2.34. The SMILES string of the molecule is O=C(Cc1ccc(F)cc1F)c1cncnc1. The smallest absolute Gasteiger partial charge is 0.170 e. The van der Waals surface area contributed by atoms with E-state index in [2.05, 4.69) is 9.97 Å². The van der Waals surface area contributed by atoms with Gasteiger partial charge in [-0.2, -0.15) is 0 Å². The topological polar surface area (TPSA) is 42.9 Å². The van der Waals surface area contributed by atoms with Crippen LogP contribution in [0.3, 0.4) is 0 Å². The number of nitrogens with zero attached hydrogens (tertiary/aromatic N) is 2. The lowest BCUT2D eigenvalue weighted by molar-refractivity contribution is 0.0991. The minimum absolute atomic E-state index is 0.139. The van der Waals surface area contributed by atoms with Gasteiger partial charge in [0.2, 0.25) is 0 Å². The molecule has 1 heterocycles. The van der Waals surface area contributed by atoms with Crippen molar-refractivity contribution in [3.05, 3.63) is 59.7 Å². The highest BCUT2D eigenvalue weighted by Crippen LogP contribution is 2.12. The first kappa shape index (κ1) is 11.3. The molecule has 0 unspecified atom stereocenters. The molecule has 86 valence electrons. The van der Waals surface area contributed by atoms with Crippen LogP contribution < -0.4 is 0 Å². The summed E-state index contributed by atoms with van der Waals surface area (Å²) in [5, 5.41) is 0. The fourth-order valence-electron chi connectivity index (χ4n) is 1.38. The van der Waals surface area contributed by atoms with Crippen LogP contribution in [0, 0.1) is 11.6 Å². The summed E-state index contributed by atoms with van der Waals surface area (Å²) < 4.78 is 26.0. The molecule has 0 spiro atoms. The summed E-state index contributed by atoms with van der Waals surface area (Å²) in [4.78, 5) is 19.1. The second-order valence-electron chi connectivity index (χ2n) is 3.46. The van der Waals surface area contributed by atoms with E-state index in [1.54, 1.807) is 0 Å². The summed E-state index contributed by atoms with van der Waals surface area (Å²) >= 11 is 0. The van der Waals surface area contributed by atoms with E-state index in [1.165, 1.54) is 24.8 Å². The van der Waals surface area contributed by atoms with E-state index in [1.807, 2.05) is 0 Å². The molecule has 0 aliphatic rings. The van der Waals surface area contributed by atoms with Crippen LogP contribution in [0.5, 0.6) is 0 Å². The number of hydrogen-bond donors (Lipinski definition) is 0. The molecule has 0 atom stereocenters. The molecule has 1 aromatic heterocycles. The largest absolute Gasteiger partial charge is 0.294 e. The van der Waals surface area contributed by atoms with Crippen LogP contribution in [0.15, 0.2) is 36.9 Å². The quantitative estimate of drug-likeness (QED) is 0.764. The first-order chi connectivity index (χ1) is 8.16. The molecule has 2 rings (SSSR count). The minimum Gasteiger partial charge on any atom is -0.294 e. The summed E-state index contributed by atoms with van der Waals surface area (Å²) in [5.41, 5.74) is 0.455. The normalized spacial score (nSPS) is 10.2. The third kappa shape index (κ3) is 2.69. The number of benzene rings is 1. The number of aromatic nitrogens is 2. The van der Waals surface area contributed by atoms with Gasteiger partial charge in [0.15, 0.2) is 5.78 Å². The van der Waals surface area contributed by atoms with Gasteiger partial charge in [0, 0.05) is 24.9 Å². The van der Waals surface area contributed by atoms with Gasteiger partial charge < -0.3 is 0 Å². The Kier molecular flexibility index (Phi) is 3.18. The van der Waals surface area contributed by atoms with Crippen molar-refractivity contribution >= 4 is 5.78 Å². The second-order valence-corrected chi connectivity index (χ2v) is 3.46. The van der Waals surface area contributed by atoms with Crippen molar-refractivity contribution < 1.29 is 13.6 Å². The van der Waals surface area contributed by atoms with Crippen molar-refractivity contribution in [3.8, 4) is 0 Å². The molecule has 0 saturated carbocycles. The molecule has 3 nitrogen and oxygen atoms in total. The summed E-state index contributed by atoms with van der Waals surface area (Å²) in [7, 11) is 0. The second kappa shape index (κ2) is 4.78. The molecule has 0 saturated heterocycles. The van der Waals surface area contributed by atoms with E-state index in [0.29, 0.717) is 5.56 Å². The predicted molar refractivity (Wildman–Crippen MR) is 56.4 cm³/mol. The first-order valence-corrected chi connectivity index (χ1v) is 4.89. The van der Waals surface area contributed by atoms with Gasteiger partial charge in [0.25, 0.3) is 0 Å². The van der Waals surface area contributed by atoms with E-state index in [-0.39, 0.29) is 17.8 Å². The van der Waals surface area contributed by atoms with Crippen LogP contribution in [0.2, 0.25) is 0 Å². The molecule has 0 aliphatic heterocycles. The van der Waals surface area contributed by atoms with E-state index in [4.69, 9.17) is 0 Å². The van der Waals surface area contributed by atoms with Gasteiger partial charge in [-0.1, -0.05) is 6.07 Å². The maximum absolute atomic E-state index is 13.3. The van der Waals surface area contributed by atoms with Crippen LogP contribution in [-0.4, -0.2) is 15.8 Å². The zero-order valence-electron chi connectivity index (χ0n) is 8.73. The van der Waals surface area contributed by atoms with Crippen molar-refractivity contribution in [3.63, 3.8) is 0 Å². The molecule has 0 amide bonds. The molecule has 0 radical (unpaired) electrons. The lowest BCUT2D eigenvalue weighted by Gasteiger charge is -2.02. The first-order valence-electron chi connectivity index (χ1n) is 4.89. The molecule has 0 aliphatic carbocycles. The number of carbonyl (C=O) groups excluding carboxylic acids is 1. The maximum Gasteiger partial charge on any atom is 0.170 e. The maximum atomic E-state index is 13.3. The fourth-order valence-corrected chi connectivity index (χ4v) is 1.38. The number of halogens is 2. The Morgan fingerprint density at radius 3 is 2.53 bits per heavy atom. The Labute approximate surface area is 96.2 Å². The van der Waals surface area contributed by atoms with Gasteiger partial charge in [-0.15, -0.1) is 0 Å². The highest BCUT2D eigenvalue weighted by Gasteiger charge is 2.11. The molecule has 1 aromatic carbocycles. The molecular formula is C12H8F2N2O. The van der Waals surface area contributed by atoms with E-state index in [9.17, 15) is 13.6 Å². The van der Waals surface area contributed by atoms with E-state index in [0.717, 1.165) is 12.1 Å².